The molecule has 7 heteroatoms. The lowest BCUT2D eigenvalue weighted by molar-refractivity contribution is 0.0949. The summed E-state index contributed by atoms with van der Waals surface area (Å²) >= 11 is 0. The number of unbranched alkanes of at least 4 members (excludes halogenated alkanes) is 4. The zero-order valence-electron chi connectivity index (χ0n) is 16.2. The van der Waals surface area contributed by atoms with E-state index in [2.05, 4.69) is 27.9 Å². The summed E-state index contributed by atoms with van der Waals surface area (Å²) in [5.74, 6) is -0.225. The SMILES string of the molecule is CCCCCCCn1nnc(C(=O)NCCNCCO)c1-c1ccccc1. The standard InChI is InChI=1S/C20H31N5O2/c1-2-3-4-5-9-15-25-19(17-10-7-6-8-11-17)18(23-24-25)20(27)22-13-12-21-14-16-26/h6-8,10-11,21,26H,2-5,9,12-16H2,1H3,(H,22,27). The molecule has 0 bridgehead atoms. The van der Waals surface area contributed by atoms with E-state index in [9.17, 15) is 4.79 Å². The fourth-order valence-electron chi connectivity index (χ4n) is 2.92. The number of nitrogens with zero attached hydrogens (tertiary/aromatic N) is 3. The highest BCUT2D eigenvalue weighted by Gasteiger charge is 2.20. The van der Waals surface area contributed by atoms with Gasteiger partial charge >= 0.3 is 0 Å². The Morgan fingerprint density at radius 3 is 2.59 bits per heavy atom. The number of aromatic nitrogens is 3. The maximum absolute atomic E-state index is 12.6. The van der Waals surface area contributed by atoms with Gasteiger partial charge in [-0.2, -0.15) is 0 Å². The second-order valence-corrected chi connectivity index (χ2v) is 6.52. The fourth-order valence-corrected chi connectivity index (χ4v) is 2.92. The van der Waals surface area contributed by atoms with Crippen molar-refractivity contribution in [2.45, 2.75) is 45.6 Å². The summed E-state index contributed by atoms with van der Waals surface area (Å²) < 4.78 is 1.85. The summed E-state index contributed by atoms with van der Waals surface area (Å²) in [5.41, 5.74) is 2.07. The van der Waals surface area contributed by atoms with Crippen molar-refractivity contribution < 1.29 is 9.90 Å². The molecule has 1 aromatic heterocycles. The van der Waals surface area contributed by atoms with E-state index < -0.39 is 0 Å². The van der Waals surface area contributed by atoms with Gasteiger partial charge in [0.05, 0.1) is 6.61 Å². The van der Waals surface area contributed by atoms with Crippen LogP contribution in [-0.2, 0) is 6.54 Å². The Bertz CT molecular complexity index is 672. The van der Waals surface area contributed by atoms with Crippen molar-refractivity contribution in [3.63, 3.8) is 0 Å². The third kappa shape index (κ3) is 6.77. The Balaban J connectivity index is 2.06. The Hall–Kier alpha value is -2.25. The number of hydrogen-bond acceptors (Lipinski definition) is 5. The number of hydrogen-bond donors (Lipinski definition) is 3. The smallest absolute Gasteiger partial charge is 0.274 e. The maximum atomic E-state index is 12.6. The number of aryl methyl sites for hydroxylation is 1. The second-order valence-electron chi connectivity index (χ2n) is 6.52. The Labute approximate surface area is 161 Å². The molecule has 0 fully saturated rings. The van der Waals surface area contributed by atoms with Crippen molar-refractivity contribution in [3.8, 4) is 11.3 Å². The van der Waals surface area contributed by atoms with E-state index >= 15 is 0 Å². The third-order valence-corrected chi connectivity index (χ3v) is 4.35. The van der Waals surface area contributed by atoms with Gasteiger partial charge in [-0.1, -0.05) is 68.2 Å². The first kappa shape index (κ1) is 21.1. The molecule has 2 aromatic rings. The molecule has 0 aliphatic carbocycles. The molecule has 0 aliphatic heterocycles. The molecular weight excluding hydrogens is 342 g/mol. The van der Waals surface area contributed by atoms with Crippen LogP contribution in [0.2, 0.25) is 0 Å². The van der Waals surface area contributed by atoms with Crippen molar-refractivity contribution in [1.29, 1.82) is 0 Å². The number of carbonyl (C=O) groups excluding carboxylic acids is 1. The van der Waals surface area contributed by atoms with Crippen LogP contribution in [0, 0.1) is 0 Å². The van der Waals surface area contributed by atoms with Crippen LogP contribution in [-0.4, -0.2) is 52.2 Å². The van der Waals surface area contributed by atoms with Crippen LogP contribution in [0.4, 0.5) is 0 Å². The quantitative estimate of drug-likeness (QED) is 0.468. The zero-order chi connectivity index (χ0) is 19.3. The lowest BCUT2D eigenvalue weighted by atomic mass is 10.1. The normalized spacial score (nSPS) is 10.9. The van der Waals surface area contributed by atoms with Gasteiger partial charge in [-0.15, -0.1) is 5.10 Å². The van der Waals surface area contributed by atoms with Gasteiger partial charge in [0.15, 0.2) is 5.69 Å². The van der Waals surface area contributed by atoms with Gasteiger partial charge in [0.25, 0.3) is 5.91 Å². The van der Waals surface area contributed by atoms with Gasteiger partial charge in [0.1, 0.15) is 5.69 Å². The number of benzene rings is 1. The largest absolute Gasteiger partial charge is 0.395 e. The van der Waals surface area contributed by atoms with Crippen LogP contribution >= 0.6 is 0 Å². The lowest BCUT2D eigenvalue weighted by Gasteiger charge is -2.09. The van der Waals surface area contributed by atoms with E-state index in [4.69, 9.17) is 5.11 Å². The average Bonchev–Trinajstić information content (AvgIpc) is 3.12. The van der Waals surface area contributed by atoms with Crippen LogP contribution in [0.25, 0.3) is 11.3 Å². The highest BCUT2D eigenvalue weighted by molar-refractivity contribution is 5.98. The molecular formula is C20H31N5O2. The molecule has 0 saturated heterocycles. The third-order valence-electron chi connectivity index (χ3n) is 4.35. The number of nitrogens with one attached hydrogen (secondary N) is 2. The van der Waals surface area contributed by atoms with Gasteiger partial charge in [-0.05, 0) is 6.42 Å². The van der Waals surface area contributed by atoms with Crippen molar-refractivity contribution >= 4 is 5.91 Å². The molecule has 2 rings (SSSR count). The van der Waals surface area contributed by atoms with E-state index in [1.807, 2.05) is 35.0 Å². The topological polar surface area (TPSA) is 92.1 Å². The highest BCUT2D eigenvalue weighted by atomic mass is 16.3. The first-order chi connectivity index (χ1) is 13.3. The molecule has 7 nitrogen and oxygen atoms in total. The molecule has 0 spiro atoms. The number of rotatable bonds is 13. The Morgan fingerprint density at radius 2 is 1.85 bits per heavy atom. The second kappa shape index (κ2) is 12.2. The number of carbonyl (C=O) groups is 1. The first-order valence-corrected chi connectivity index (χ1v) is 9.86. The van der Waals surface area contributed by atoms with Crippen molar-refractivity contribution in [1.82, 2.24) is 25.6 Å². The molecule has 148 valence electrons. The molecule has 0 atom stereocenters. The minimum absolute atomic E-state index is 0.0820. The zero-order valence-corrected chi connectivity index (χ0v) is 16.2. The highest BCUT2D eigenvalue weighted by Crippen LogP contribution is 2.22. The Kier molecular flexibility index (Phi) is 9.51. The summed E-state index contributed by atoms with van der Waals surface area (Å²) in [4.78, 5) is 12.6. The molecule has 0 unspecified atom stereocenters. The molecule has 27 heavy (non-hydrogen) atoms. The number of aliphatic hydroxyl groups excluding tert-OH is 1. The molecule has 0 radical (unpaired) electrons. The van der Waals surface area contributed by atoms with Crippen LogP contribution in [0.5, 0.6) is 0 Å². The summed E-state index contributed by atoms with van der Waals surface area (Å²) in [6.45, 7) is 4.62. The van der Waals surface area contributed by atoms with Gasteiger partial charge in [-0.3, -0.25) is 4.79 Å². The van der Waals surface area contributed by atoms with Crippen LogP contribution in [0.1, 0.15) is 49.5 Å². The minimum Gasteiger partial charge on any atom is -0.395 e. The minimum atomic E-state index is -0.225. The van der Waals surface area contributed by atoms with Gasteiger partial charge in [-0.25, -0.2) is 4.68 Å². The predicted molar refractivity (Wildman–Crippen MR) is 107 cm³/mol. The van der Waals surface area contributed by atoms with Gasteiger partial charge < -0.3 is 15.7 Å². The fraction of sp³-hybridized carbons (Fsp3) is 0.550. The van der Waals surface area contributed by atoms with E-state index in [0.717, 1.165) is 30.6 Å². The first-order valence-electron chi connectivity index (χ1n) is 9.86. The van der Waals surface area contributed by atoms with Crippen molar-refractivity contribution in [3.05, 3.63) is 36.0 Å². The Morgan fingerprint density at radius 1 is 1.07 bits per heavy atom. The van der Waals surface area contributed by atoms with Gasteiger partial charge in [0, 0.05) is 31.7 Å². The van der Waals surface area contributed by atoms with Crippen molar-refractivity contribution in [2.75, 3.05) is 26.2 Å². The maximum Gasteiger partial charge on any atom is 0.274 e. The molecule has 0 saturated carbocycles. The summed E-state index contributed by atoms with van der Waals surface area (Å²) in [7, 11) is 0. The number of aliphatic hydroxyl groups is 1. The summed E-state index contributed by atoms with van der Waals surface area (Å²) in [6, 6.07) is 9.81. The van der Waals surface area contributed by atoms with Crippen LogP contribution in [0.3, 0.4) is 0 Å². The number of amides is 1. The monoisotopic (exact) mass is 373 g/mol. The summed E-state index contributed by atoms with van der Waals surface area (Å²) in [5, 5.41) is 23.1. The van der Waals surface area contributed by atoms with Crippen molar-refractivity contribution in [2.24, 2.45) is 0 Å². The van der Waals surface area contributed by atoms with Crippen LogP contribution in [0.15, 0.2) is 30.3 Å². The van der Waals surface area contributed by atoms with Gasteiger partial charge in [0.2, 0.25) is 0 Å². The van der Waals surface area contributed by atoms with E-state index in [-0.39, 0.29) is 12.5 Å². The molecule has 1 heterocycles. The van der Waals surface area contributed by atoms with E-state index in [1.54, 1.807) is 0 Å². The van der Waals surface area contributed by atoms with E-state index in [1.165, 1.54) is 19.3 Å². The van der Waals surface area contributed by atoms with E-state index in [0.29, 0.717) is 25.3 Å². The molecule has 0 aliphatic rings. The molecule has 1 aromatic carbocycles. The molecule has 3 N–H and O–H groups in total. The predicted octanol–water partition coefficient (Wildman–Crippen LogP) is 2.23. The lowest BCUT2D eigenvalue weighted by Crippen LogP contribution is -2.33. The molecule has 1 amide bonds. The van der Waals surface area contributed by atoms with Crippen LogP contribution < -0.4 is 10.6 Å². The average molecular weight is 374 g/mol. The summed E-state index contributed by atoms with van der Waals surface area (Å²) in [6.07, 6.45) is 5.87.